The summed E-state index contributed by atoms with van der Waals surface area (Å²) in [4.78, 5) is 13.7. The normalized spacial score (nSPS) is 19.9. The minimum atomic E-state index is -0.0966. The Labute approximate surface area is 167 Å². The first-order valence-electron chi connectivity index (χ1n) is 9.86. The molecule has 1 amide bonds. The molecular formula is C21H32ClN2O3+. The molecule has 1 aromatic rings. The SMILES string of the molecule is CCOc1c(Cl)cc(/C=C/C(=O)NCCC[NH+]2CCCC[C@@H]2C)cc1OC. The highest BCUT2D eigenvalue weighted by molar-refractivity contribution is 6.32. The van der Waals surface area contributed by atoms with E-state index in [4.69, 9.17) is 21.1 Å². The molecule has 0 saturated carbocycles. The number of rotatable bonds is 9. The molecule has 150 valence electrons. The molecule has 2 N–H and O–H groups in total. The maximum absolute atomic E-state index is 12.0. The third-order valence-corrected chi connectivity index (χ3v) is 5.30. The number of amides is 1. The molecule has 6 heteroatoms. The van der Waals surface area contributed by atoms with Crippen LogP contribution in [0.4, 0.5) is 0 Å². The second-order valence-corrected chi connectivity index (χ2v) is 7.41. The minimum absolute atomic E-state index is 0.0966. The topological polar surface area (TPSA) is 52.0 Å². The van der Waals surface area contributed by atoms with Gasteiger partial charge in [-0.1, -0.05) is 11.6 Å². The number of halogens is 1. The molecule has 0 aliphatic carbocycles. The van der Waals surface area contributed by atoms with Crippen LogP contribution in [0.5, 0.6) is 11.5 Å². The van der Waals surface area contributed by atoms with Crippen LogP contribution in [0.2, 0.25) is 5.02 Å². The van der Waals surface area contributed by atoms with Gasteiger partial charge in [-0.15, -0.1) is 0 Å². The zero-order valence-electron chi connectivity index (χ0n) is 16.6. The second-order valence-electron chi connectivity index (χ2n) is 7.00. The molecule has 0 bridgehead atoms. The Morgan fingerprint density at radius 3 is 2.93 bits per heavy atom. The Kier molecular flexibility index (Phi) is 8.95. The lowest BCUT2D eigenvalue weighted by atomic mass is 10.0. The number of nitrogens with one attached hydrogen (secondary N) is 2. The lowest BCUT2D eigenvalue weighted by molar-refractivity contribution is -0.928. The van der Waals surface area contributed by atoms with E-state index in [1.807, 2.05) is 13.0 Å². The number of hydrogen-bond donors (Lipinski definition) is 2. The van der Waals surface area contributed by atoms with Crippen LogP contribution in [0, 0.1) is 0 Å². The van der Waals surface area contributed by atoms with E-state index < -0.39 is 0 Å². The van der Waals surface area contributed by atoms with Crippen molar-refractivity contribution in [3.05, 3.63) is 28.8 Å². The summed E-state index contributed by atoms with van der Waals surface area (Å²) in [5.41, 5.74) is 0.794. The summed E-state index contributed by atoms with van der Waals surface area (Å²) in [6.07, 6.45) is 8.26. The standard InChI is InChI=1S/C21H31ClN2O3/c1-4-27-21-18(22)14-17(15-19(21)26-3)9-10-20(25)23-11-7-13-24-12-6-5-8-16(24)2/h9-10,14-16H,4-8,11-13H2,1-3H3,(H,23,25)/p+1/b10-9+/t16-/m0/s1. The Morgan fingerprint density at radius 1 is 1.41 bits per heavy atom. The summed E-state index contributed by atoms with van der Waals surface area (Å²) in [5, 5.41) is 3.42. The number of carbonyl (C=O) groups excluding carboxylic acids is 1. The van der Waals surface area contributed by atoms with Crippen molar-refractivity contribution >= 4 is 23.6 Å². The predicted octanol–water partition coefficient (Wildman–Crippen LogP) is 2.72. The van der Waals surface area contributed by atoms with Gasteiger partial charge in [0.2, 0.25) is 5.91 Å². The number of benzene rings is 1. The Morgan fingerprint density at radius 2 is 2.22 bits per heavy atom. The third kappa shape index (κ3) is 6.74. The van der Waals surface area contributed by atoms with Gasteiger partial charge >= 0.3 is 0 Å². The highest BCUT2D eigenvalue weighted by atomic mass is 35.5. The first kappa shape index (κ1) is 21.6. The molecule has 27 heavy (non-hydrogen) atoms. The largest absolute Gasteiger partial charge is 0.493 e. The zero-order chi connectivity index (χ0) is 19.6. The highest BCUT2D eigenvalue weighted by Crippen LogP contribution is 2.36. The van der Waals surface area contributed by atoms with Crippen LogP contribution >= 0.6 is 11.6 Å². The fraction of sp³-hybridized carbons (Fsp3) is 0.571. The van der Waals surface area contributed by atoms with Gasteiger partial charge in [0.1, 0.15) is 0 Å². The molecule has 1 saturated heterocycles. The molecule has 1 aliphatic rings. The van der Waals surface area contributed by atoms with Crippen LogP contribution in [-0.4, -0.2) is 45.3 Å². The van der Waals surface area contributed by atoms with Crippen molar-refractivity contribution in [3.8, 4) is 11.5 Å². The van der Waals surface area contributed by atoms with Gasteiger partial charge in [0, 0.05) is 19.0 Å². The molecule has 1 aromatic carbocycles. The van der Waals surface area contributed by atoms with Crippen molar-refractivity contribution in [2.75, 3.05) is 33.4 Å². The minimum Gasteiger partial charge on any atom is -0.493 e. The van der Waals surface area contributed by atoms with Crippen molar-refractivity contribution in [2.24, 2.45) is 0 Å². The highest BCUT2D eigenvalue weighted by Gasteiger charge is 2.20. The summed E-state index contributed by atoms with van der Waals surface area (Å²) >= 11 is 6.25. The molecule has 2 atom stereocenters. The molecule has 0 radical (unpaired) electrons. The lowest BCUT2D eigenvalue weighted by Crippen LogP contribution is -3.16. The van der Waals surface area contributed by atoms with Crippen LogP contribution in [0.3, 0.4) is 0 Å². The molecule has 2 rings (SSSR count). The van der Waals surface area contributed by atoms with Crippen molar-refractivity contribution in [1.82, 2.24) is 5.32 Å². The number of carbonyl (C=O) groups is 1. The quantitative estimate of drug-likeness (QED) is 0.499. The molecule has 5 nitrogen and oxygen atoms in total. The van der Waals surface area contributed by atoms with Gasteiger partial charge in [0.25, 0.3) is 0 Å². The van der Waals surface area contributed by atoms with Crippen LogP contribution in [0.1, 0.15) is 45.1 Å². The second kappa shape index (κ2) is 11.2. The zero-order valence-corrected chi connectivity index (χ0v) is 17.4. The molecule has 1 fully saturated rings. The summed E-state index contributed by atoms with van der Waals surface area (Å²) in [5.74, 6) is 0.987. The molecule has 0 spiro atoms. The Bertz CT molecular complexity index is 649. The van der Waals surface area contributed by atoms with Crippen LogP contribution in [0.15, 0.2) is 18.2 Å². The summed E-state index contributed by atoms with van der Waals surface area (Å²) in [6, 6.07) is 4.32. The van der Waals surface area contributed by atoms with E-state index in [-0.39, 0.29) is 5.91 Å². The van der Waals surface area contributed by atoms with Gasteiger partial charge in [-0.25, -0.2) is 0 Å². The van der Waals surface area contributed by atoms with E-state index in [1.165, 1.54) is 31.9 Å². The maximum atomic E-state index is 12.0. The number of likely N-dealkylation sites (tertiary alicyclic amines) is 1. The molecule has 0 aromatic heterocycles. The lowest BCUT2D eigenvalue weighted by Gasteiger charge is -2.30. The van der Waals surface area contributed by atoms with Gasteiger partial charge in [-0.3, -0.25) is 4.79 Å². The van der Waals surface area contributed by atoms with Crippen molar-refractivity contribution in [1.29, 1.82) is 0 Å². The summed E-state index contributed by atoms with van der Waals surface area (Å²) in [7, 11) is 1.57. The predicted molar refractivity (Wildman–Crippen MR) is 110 cm³/mol. The number of ether oxygens (including phenoxy) is 2. The van der Waals surface area contributed by atoms with Crippen molar-refractivity contribution in [2.45, 2.75) is 45.6 Å². The fourth-order valence-electron chi connectivity index (χ4n) is 3.50. The Balaban J connectivity index is 1.81. The van der Waals surface area contributed by atoms with Crippen molar-refractivity contribution in [3.63, 3.8) is 0 Å². The van der Waals surface area contributed by atoms with Crippen LogP contribution in [0.25, 0.3) is 6.08 Å². The van der Waals surface area contributed by atoms with Crippen LogP contribution in [-0.2, 0) is 4.79 Å². The van der Waals surface area contributed by atoms with E-state index in [2.05, 4.69) is 12.2 Å². The molecule has 1 heterocycles. The first-order valence-corrected chi connectivity index (χ1v) is 10.2. The van der Waals surface area contributed by atoms with Gasteiger partial charge in [-0.2, -0.15) is 0 Å². The molecule has 1 unspecified atom stereocenters. The number of methoxy groups -OCH3 is 1. The van der Waals surface area contributed by atoms with E-state index in [9.17, 15) is 4.79 Å². The number of quaternary nitrogens is 1. The van der Waals surface area contributed by atoms with E-state index in [0.717, 1.165) is 24.6 Å². The van der Waals surface area contributed by atoms with Gasteiger partial charge < -0.3 is 19.7 Å². The van der Waals surface area contributed by atoms with Gasteiger partial charge in [-0.05, 0) is 56.9 Å². The summed E-state index contributed by atoms with van der Waals surface area (Å²) in [6.45, 7) is 7.80. The van der Waals surface area contributed by atoms with Gasteiger partial charge in [0.15, 0.2) is 11.5 Å². The Hall–Kier alpha value is -1.72. The van der Waals surface area contributed by atoms with E-state index >= 15 is 0 Å². The van der Waals surface area contributed by atoms with E-state index in [1.54, 1.807) is 24.2 Å². The van der Waals surface area contributed by atoms with Crippen LogP contribution < -0.4 is 19.7 Å². The van der Waals surface area contributed by atoms with E-state index in [0.29, 0.717) is 29.7 Å². The fourth-order valence-corrected chi connectivity index (χ4v) is 3.78. The number of hydrogen-bond acceptors (Lipinski definition) is 3. The van der Waals surface area contributed by atoms with Crippen molar-refractivity contribution < 1.29 is 19.2 Å². The molecular weight excluding hydrogens is 364 g/mol. The smallest absolute Gasteiger partial charge is 0.244 e. The average Bonchev–Trinajstić information content (AvgIpc) is 2.66. The average molecular weight is 396 g/mol. The first-order chi connectivity index (χ1) is 13.0. The third-order valence-electron chi connectivity index (χ3n) is 5.02. The monoisotopic (exact) mass is 395 g/mol. The number of piperidine rings is 1. The summed E-state index contributed by atoms with van der Waals surface area (Å²) < 4.78 is 10.8. The molecule has 1 aliphatic heterocycles. The maximum Gasteiger partial charge on any atom is 0.244 e. The van der Waals surface area contributed by atoms with Gasteiger partial charge in [0.05, 0.1) is 37.9 Å².